The Morgan fingerprint density at radius 1 is 1.61 bits per heavy atom. The number of carbonyl (C=O) groups is 1. The van der Waals surface area contributed by atoms with Crippen molar-refractivity contribution in [3.8, 4) is 0 Å². The Kier molecular flexibility index (Phi) is 3.71. The van der Waals surface area contributed by atoms with E-state index in [4.69, 9.17) is 9.26 Å². The second kappa shape index (κ2) is 5.10. The number of hydrogen-bond acceptors (Lipinski definition) is 4. The van der Waals surface area contributed by atoms with Crippen LogP contribution in [0.4, 0.5) is 0 Å². The maximum atomic E-state index is 12.3. The highest BCUT2D eigenvalue weighted by Crippen LogP contribution is 2.27. The van der Waals surface area contributed by atoms with Gasteiger partial charge < -0.3 is 14.2 Å². The fourth-order valence-corrected chi connectivity index (χ4v) is 2.25. The van der Waals surface area contributed by atoms with Crippen molar-refractivity contribution >= 4 is 5.91 Å². The second-order valence-electron chi connectivity index (χ2n) is 4.98. The van der Waals surface area contributed by atoms with Crippen LogP contribution in [0.1, 0.15) is 38.1 Å². The Balaban J connectivity index is 1.98. The van der Waals surface area contributed by atoms with E-state index in [0.29, 0.717) is 18.9 Å². The zero-order valence-electron chi connectivity index (χ0n) is 11.2. The molecule has 1 aliphatic heterocycles. The summed E-state index contributed by atoms with van der Waals surface area (Å²) >= 11 is 0. The Labute approximate surface area is 107 Å². The van der Waals surface area contributed by atoms with E-state index in [2.05, 4.69) is 5.16 Å². The first kappa shape index (κ1) is 13.1. The van der Waals surface area contributed by atoms with Crippen molar-refractivity contribution in [1.82, 2.24) is 10.1 Å². The Hall–Kier alpha value is -1.36. The maximum Gasteiger partial charge on any atom is 0.254 e. The summed E-state index contributed by atoms with van der Waals surface area (Å²) in [5, 5.41) is 3.92. The van der Waals surface area contributed by atoms with Gasteiger partial charge in [-0.2, -0.15) is 0 Å². The van der Waals surface area contributed by atoms with Crippen LogP contribution in [0.25, 0.3) is 0 Å². The molecule has 1 aromatic heterocycles. The Morgan fingerprint density at radius 2 is 2.39 bits per heavy atom. The predicted octanol–water partition coefficient (Wildman–Crippen LogP) is 1.76. The zero-order valence-corrected chi connectivity index (χ0v) is 11.2. The molecule has 1 aromatic rings. The van der Waals surface area contributed by atoms with Gasteiger partial charge in [0.1, 0.15) is 5.60 Å². The van der Waals surface area contributed by atoms with E-state index >= 15 is 0 Å². The van der Waals surface area contributed by atoms with Crippen molar-refractivity contribution in [2.24, 2.45) is 0 Å². The van der Waals surface area contributed by atoms with Gasteiger partial charge in [0.15, 0.2) is 5.76 Å². The van der Waals surface area contributed by atoms with Crippen LogP contribution in [0.3, 0.4) is 0 Å². The summed E-state index contributed by atoms with van der Waals surface area (Å²) in [4.78, 5) is 13.9. The normalized spacial score (nSPS) is 23.3. The third-order valence-electron chi connectivity index (χ3n) is 3.38. The maximum absolute atomic E-state index is 12.3. The van der Waals surface area contributed by atoms with E-state index in [1.165, 1.54) is 0 Å². The summed E-state index contributed by atoms with van der Waals surface area (Å²) in [6.07, 6.45) is 2.56. The molecule has 0 saturated carbocycles. The lowest BCUT2D eigenvalue weighted by Gasteiger charge is -2.27. The third kappa shape index (κ3) is 2.56. The predicted molar refractivity (Wildman–Crippen MR) is 65.9 cm³/mol. The lowest BCUT2D eigenvalue weighted by Crippen LogP contribution is -2.44. The van der Waals surface area contributed by atoms with Crippen molar-refractivity contribution < 1.29 is 14.1 Å². The van der Waals surface area contributed by atoms with Crippen LogP contribution in [0.15, 0.2) is 10.6 Å². The monoisotopic (exact) mass is 252 g/mol. The molecule has 0 unspecified atom stereocenters. The van der Waals surface area contributed by atoms with Crippen LogP contribution < -0.4 is 0 Å². The van der Waals surface area contributed by atoms with Crippen molar-refractivity contribution in [3.63, 3.8) is 0 Å². The lowest BCUT2D eigenvalue weighted by atomic mass is 10.0. The molecule has 1 fully saturated rings. The van der Waals surface area contributed by atoms with E-state index in [9.17, 15) is 4.79 Å². The van der Waals surface area contributed by atoms with E-state index < -0.39 is 5.60 Å². The van der Waals surface area contributed by atoms with Crippen molar-refractivity contribution in [2.75, 3.05) is 13.7 Å². The van der Waals surface area contributed by atoms with Gasteiger partial charge in [-0.3, -0.25) is 4.79 Å². The summed E-state index contributed by atoms with van der Waals surface area (Å²) in [5.41, 5.74) is 0.247. The summed E-state index contributed by atoms with van der Waals surface area (Å²) in [6.45, 7) is 4.98. The van der Waals surface area contributed by atoms with E-state index in [0.717, 1.165) is 25.0 Å². The summed E-state index contributed by atoms with van der Waals surface area (Å²) in [5.74, 6) is 0.721. The van der Waals surface area contributed by atoms with Crippen molar-refractivity contribution in [2.45, 2.75) is 45.3 Å². The van der Waals surface area contributed by atoms with Gasteiger partial charge in [0.25, 0.3) is 5.91 Å². The van der Waals surface area contributed by atoms with Gasteiger partial charge in [0.05, 0.1) is 12.2 Å². The molecule has 100 valence electrons. The Bertz CT molecular complexity index is 422. The van der Waals surface area contributed by atoms with Crippen LogP contribution >= 0.6 is 0 Å². The molecule has 0 radical (unpaired) electrons. The minimum atomic E-state index is -0.664. The molecule has 18 heavy (non-hydrogen) atoms. The number of hydrogen-bond donors (Lipinski definition) is 0. The molecule has 0 spiro atoms. The van der Waals surface area contributed by atoms with Crippen LogP contribution in [0, 0.1) is 0 Å². The van der Waals surface area contributed by atoms with Crippen LogP contribution in [-0.2, 0) is 22.5 Å². The molecular weight excluding hydrogens is 232 g/mol. The number of rotatable bonds is 4. The van der Waals surface area contributed by atoms with Crippen LogP contribution in [0.5, 0.6) is 0 Å². The van der Waals surface area contributed by atoms with Crippen molar-refractivity contribution in [1.29, 1.82) is 0 Å². The van der Waals surface area contributed by atoms with Gasteiger partial charge in [-0.05, 0) is 26.2 Å². The molecule has 1 aliphatic rings. The molecule has 0 bridgehead atoms. The highest BCUT2D eigenvalue weighted by atomic mass is 16.5. The third-order valence-corrected chi connectivity index (χ3v) is 3.38. The molecule has 5 heteroatoms. The number of amides is 1. The van der Waals surface area contributed by atoms with E-state index in [1.54, 1.807) is 11.9 Å². The highest BCUT2D eigenvalue weighted by molar-refractivity contribution is 5.84. The van der Waals surface area contributed by atoms with Gasteiger partial charge in [-0.15, -0.1) is 0 Å². The standard InChI is InChI=1S/C13H20N2O3/c1-4-10-8-11(18-14-10)9-15(3)12(16)13(2)6-5-7-17-13/h8H,4-7,9H2,1-3H3/t13-/m1/s1. The average Bonchev–Trinajstić information content (AvgIpc) is 2.98. The van der Waals surface area contributed by atoms with Gasteiger partial charge in [0.2, 0.25) is 0 Å². The molecule has 0 aromatic carbocycles. The lowest BCUT2D eigenvalue weighted by molar-refractivity contribution is -0.150. The molecule has 1 amide bonds. The first-order valence-corrected chi connectivity index (χ1v) is 6.39. The molecule has 1 saturated heterocycles. The molecule has 5 nitrogen and oxygen atoms in total. The average molecular weight is 252 g/mol. The number of aromatic nitrogens is 1. The summed E-state index contributed by atoms with van der Waals surface area (Å²) < 4.78 is 10.7. The first-order valence-electron chi connectivity index (χ1n) is 6.39. The molecule has 0 N–H and O–H groups in total. The molecule has 2 heterocycles. The minimum absolute atomic E-state index is 0.00875. The quantitative estimate of drug-likeness (QED) is 0.819. The number of aryl methyl sites for hydroxylation is 1. The van der Waals surface area contributed by atoms with Gasteiger partial charge in [-0.25, -0.2) is 0 Å². The number of nitrogens with zero attached hydrogens (tertiary/aromatic N) is 2. The van der Waals surface area contributed by atoms with Crippen LogP contribution in [0.2, 0.25) is 0 Å². The SMILES string of the molecule is CCc1cc(CN(C)C(=O)[C@@]2(C)CCCO2)on1. The van der Waals surface area contributed by atoms with Crippen LogP contribution in [-0.4, -0.2) is 35.2 Å². The molecular formula is C13H20N2O3. The highest BCUT2D eigenvalue weighted by Gasteiger charge is 2.39. The number of likely N-dealkylation sites (N-methyl/N-ethyl adjacent to an activating group) is 1. The first-order chi connectivity index (χ1) is 8.55. The zero-order chi connectivity index (χ0) is 13.2. The minimum Gasteiger partial charge on any atom is -0.365 e. The Morgan fingerprint density at radius 3 is 2.94 bits per heavy atom. The fourth-order valence-electron chi connectivity index (χ4n) is 2.25. The summed E-state index contributed by atoms with van der Waals surface area (Å²) in [7, 11) is 1.77. The molecule has 0 aliphatic carbocycles. The smallest absolute Gasteiger partial charge is 0.254 e. The largest absolute Gasteiger partial charge is 0.365 e. The van der Waals surface area contributed by atoms with Gasteiger partial charge >= 0.3 is 0 Å². The van der Waals surface area contributed by atoms with Crippen molar-refractivity contribution in [3.05, 3.63) is 17.5 Å². The topological polar surface area (TPSA) is 55.6 Å². The van der Waals surface area contributed by atoms with Gasteiger partial charge in [0, 0.05) is 19.7 Å². The molecule has 1 atom stereocenters. The van der Waals surface area contributed by atoms with E-state index in [1.807, 2.05) is 19.9 Å². The molecule has 2 rings (SSSR count). The van der Waals surface area contributed by atoms with Gasteiger partial charge in [-0.1, -0.05) is 12.1 Å². The van der Waals surface area contributed by atoms with E-state index in [-0.39, 0.29) is 5.91 Å². The summed E-state index contributed by atoms with van der Waals surface area (Å²) in [6, 6.07) is 1.89. The number of carbonyl (C=O) groups excluding carboxylic acids is 1. The number of ether oxygens (including phenoxy) is 1. The fraction of sp³-hybridized carbons (Fsp3) is 0.692. The second-order valence-corrected chi connectivity index (χ2v) is 4.98.